The molecule has 1 aliphatic carbocycles. The van der Waals surface area contributed by atoms with Crippen LogP contribution in [0.3, 0.4) is 0 Å². The molecule has 8 nitrogen and oxygen atoms in total. The van der Waals surface area contributed by atoms with Crippen LogP contribution in [0.1, 0.15) is 42.3 Å². The third-order valence-electron chi connectivity index (χ3n) is 4.99. The minimum absolute atomic E-state index is 0.436. The zero-order valence-electron chi connectivity index (χ0n) is 14.6. The predicted molar refractivity (Wildman–Crippen MR) is 94.5 cm³/mol. The maximum Gasteiger partial charge on any atom is 0.177 e. The molecule has 8 heteroatoms. The van der Waals surface area contributed by atoms with Crippen molar-refractivity contribution < 1.29 is 0 Å². The van der Waals surface area contributed by atoms with Crippen LogP contribution in [0.4, 0.5) is 0 Å². The van der Waals surface area contributed by atoms with Crippen molar-refractivity contribution in [2.45, 2.75) is 38.6 Å². The van der Waals surface area contributed by atoms with Crippen LogP contribution >= 0.6 is 0 Å². The minimum atomic E-state index is 0.436. The van der Waals surface area contributed by atoms with Crippen LogP contribution in [0.2, 0.25) is 0 Å². The lowest BCUT2D eigenvalue weighted by Gasteiger charge is -2.04. The first-order chi connectivity index (χ1) is 12.7. The Bertz CT molecular complexity index is 1080. The smallest absolute Gasteiger partial charge is 0.177 e. The van der Waals surface area contributed by atoms with Crippen LogP contribution in [0.25, 0.3) is 17.0 Å². The molecule has 4 aromatic heterocycles. The van der Waals surface area contributed by atoms with Gasteiger partial charge < -0.3 is 0 Å². The summed E-state index contributed by atoms with van der Waals surface area (Å²) < 4.78 is 3.79. The summed E-state index contributed by atoms with van der Waals surface area (Å²) in [4.78, 5) is 0. The normalized spacial score (nSPS) is 19.2. The molecule has 130 valence electrons. The second kappa shape index (κ2) is 5.69. The summed E-state index contributed by atoms with van der Waals surface area (Å²) in [6.45, 7) is 4.79. The van der Waals surface area contributed by atoms with Gasteiger partial charge in [-0.15, -0.1) is 10.2 Å². The Kier molecular flexibility index (Phi) is 3.31. The molecule has 1 aliphatic rings. The van der Waals surface area contributed by atoms with E-state index >= 15 is 0 Å². The Balaban J connectivity index is 1.51. The van der Waals surface area contributed by atoms with Gasteiger partial charge in [0.2, 0.25) is 0 Å². The van der Waals surface area contributed by atoms with Crippen LogP contribution < -0.4 is 0 Å². The first kappa shape index (κ1) is 15.1. The van der Waals surface area contributed by atoms with Crippen molar-refractivity contribution >= 4 is 5.65 Å². The lowest BCUT2D eigenvalue weighted by atomic mass is 10.1. The van der Waals surface area contributed by atoms with Crippen LogP contribution in [0.15, 0.2) is 36.7 Å². The summed E-state index contributed by atoms with van der Waals surface area (Å²) in [5.74, 6) is 1.69. The Morgan fingerprint density at radius 3 is 2.81 bits per heavy atom. The van der Waals surface area contributed by atoms with E-state index in [-0.39, 0.29) is 0 Å². The maximum absolute atomic E-state index is 4.83. The van der Waals surface area contributed by atoms with Crippen molar-refractivity contribution in [3.63, 3.8) is 0 Å². The van der Waals surface area contributed by atoms with Crippen molar-refractivity contribution in [3.8, 4) is 11.4 Å². The Morgan fingerprint density at radius 2 is 2.00 bits per heavy atom. The van der Waals surface area contributed by atoms with Gasteiger partial charge in [-0.1, -0.05) is 0 Å². The molecule has 0 spiro atoms. The summed E-state index contributed by atoms with van der Waals surface area (Å²) in [7, 11) is 0. The number of hydrogen-bond donors (Lipinski definition) is 0. The molecule has 5 rings (SSSR count). The van der Waals surface area contributed by atoms with Gasteiger partial charge in [0.05, 0.1) is 17.6 Å². The third-order valence-corrected chi connectivity index (χ3v) is 4.99. The molecule has 4 aromatic rings. The second-order valence-corrected chi connectivity index (χ2v) is 6.63. The lowest BCUT2D eigenvalue weighted by Crippen LogP contribution is -2.03. The molecular weight excluding hydrogens is 328 g/mol. The van der Waals surface area contributed by atoms with E-state index in [0.29, 0.717) is 11.8 Å². The largest absolute Gasteiger partial charge is 0.263 e. The van der Waals surface area contributed by atoms with E-state index in [1.165, 1.54) is 5.56 Å². The molecule has 1 fully saturated rings. The molecule has 0 aromatic carbocycles. The zero-order chi connectivity index (χ0) is 17.7. The van der Waals surface area contributed by atoms with E-state index in [9.17, 15) is 0 Å². The Morgan fingerprint density at radius 1 is 1.08 bits per heavy atom. The highest BCUT2D eigenvalue weighted by Crippen LogP contribution is 2.54. The first-order valence-electron chi connectivity index (χ1n) is 8.78. The molecule has 0 N–H and O–H groups in total. The molecule has 4 heterocycles. The third kappa shape index (κ3) is 2.37. The summed E-state index contributed by atoms with van der Waals surface area (Å²) in [5.41, 5.74) is 5.00. The Labute approximate surface area is 149 Å². The highest BCUT2D eigenvalue weighted by atomic mass is 15.4. The van der Waals surface area contributed by atoms with Crippen LogP contribution in [0, 0.1) is 6.92 Å². The maximum atomic E-state index is 4.83. The van der Waals surface area contributed by atoms with E-state index in [1.54, 1.807) is 10.7 Å². The lowest BCUT2D eigenvalue weighted by molar-refractivity contribution is 0.650. The molecule has 0 saturated heterocycles. The van der Waals surface area contributed by atoms with Gasteiger partial charge in [-0.3, -0.25) is 4.68 Å². The van der Waals surface area contributed by atoms with Gasteiger partial charge >= 0.3 is 0 Å². The average Bonchev–Trinajstić information content (AvgIpc) is 3.24. The molecule has 26 heavy (non-hydrogen) atoms. The molecule has 0 aliphatic heterocycles. The number of rotatable bonds is 4. The van der Waals surface area contributed by atoms with Crippen LogP contribution in [0.5, 0.6) is 0 Å². The number of aryl methyl sites for hydroxylation is 2. The van der Waals surface area contributed by atoms with Gasteiger partial charge in [0.1, 0.15) is 5.69 Å². The molecule has 0 radical (unpaired) electrons. The summed E-state index contributed by atoms with van der Waals surface area (Å²) in [6.07, 6.45) is 4.71. The molecule has 1 saturated carbocycles. The quantitative estimate of drug-likeness (QED) is 0.564. The number of aromatic nitrogens is 8. The second-order valence-electron chi connectivity index (χ2n) is 6.63. The molecule has 0 bridgehead atoms. The molecular formula is C18H18N8. The molecule has 0 amide bonds. The summed E-state index contributed by atoms with van der Waals surface area (Å²) in [6, 6.07) is 8.13. The van der Waals surface area contributed by atoms with E-state index < -0.39 is 0 Å². The van der Waals surface area contributed by atoms with Crippen molar-refractivity contribution in [3.05, 3.63) is 53.7 Å². The fraction of sp³-hybridized carbons (Fsp3) is 0.333. The van der Waals surface area contributed by atoms with Gasteiger partial charge in [-0.05, 0) is 56.0 Å². The van der Waals surface area contributed by atoms with Crippen LogP contribution in [-0.2, 0) is 6.54 Å². The monoisotopic (exact) mass is 346 g/mol. The van der Waals surface area contributed by atoms with E-state index in [4.69, 9.17) is 10.2 Å². The zero-order valence-corrected chi connectivity index (χ0v) is 14.6. The summed E-state index contributed by atoms with van der Waals surface area (Å²) in [5, 5.41) is 25.6. The molecule has 2 atom stereocenters. The minimum Gasteiger partial charge on any atom is -0.263 e. The van der Waals surface area contributed by atoms with E-state index in [2.05, 4.69) is 33.4 Å². The number of nitrogens with zero attached hydrogens (tertiary/aromatic N) is 8. The average molecular weight is 346 g/mol. The van der Waals surface area contributed by atoms with Gasteiger partial charge in [-0.2, -0.15) is 24.9 Å². The number of hydrogen-bond acceptors (Lipinski definition) is 6. The topological polar surface area (TPSA) is 86.7 Å². The van der Waals surface area contributed by atoms with Crippen molar-refractivity contribution in [2.24, 2.45) is 0 Å². The predicted octanol–water partition coefficient (Wildman–Crippen LogP) is 2.38. The fourth-order valence-corrected chi connectivity index (χ4v) is 3.51. The highest BCUT2D eigenvalue weighted by Gasteiger charge is 2.41. The number of fused-ring (bicyclic) bond motifs is 1. The van der Waals surface area contributed by atoms with Gasteiger partial charge in [0, 0.05) is 18.7 Å². The van der Waals surface area contributed by atoms with Crippen LogP contribution in [-0.4, -0.2) is 39.8 Å². The SMILES string of the molecule is CCn1nc(C2CC2c2ccnnc2)cc1-c1ccc2nnc(C)n2n1. The first-order valence-corrected chi connectivity index (χ1v) is 8.78. The van der Waals surface area contributed by atoms with E-state index in [1.807, 2.05) is 36.0 Å². The van der Waals surface area contributed by atoms with Crippen molar-refractivity contribution in [1.29, 1.82) is 0 Å². The Hall–Kier alpha value is -3.16. The summed E-state index contributed by atoms with van der Waals surface area (Å²) >= 11 is 0. The van der Waals surface area contributed by atoms with Gasteiger partial charge in [-0.25, -0.2) is 0 Å². The molecule has 2 unspecified atom stereocenters. The van der Waals surface area contributed by atoms with Gasteiger partial charge in [0.25, 0.3) is 0 Å². The fourth-order valence-electron chi connectivity index (χ4n) is 3.51. The van der Waals surface area contributed by atoms with E-state index in [0.717, 1.165) is 41.5 Å². The standard InChI is InChI=1S/C18H18N8/c1-3-25-17(15-4-5-18-22-21-11(2)26(18)24-15)9-16(23-25)14-8-13(14)12-6-7-19-20-10-12/h4-7,9-10,13-14H,3,8H2,1-2H3. The van der Waals surface area contributed by atoms with Crippen molar-refractivity contribution in [1.82, 2.24) is 39.8 Å². The van der Waals surface area contributed by atoms with Crippen molar-refractivity contribution in [2.75, 3.05) is 0 Å². The highest BCUT2D eigenvalue weighted by molar-refractivity contribution is 5.57. The van der Waals surface area contributed by atoms with Gasteiger partial charge in [0.15, 0.2) is 11.5 Å².